The minimum atomic E-state index is 0.253. The van der Waals surface area contributed by atoms with Gasteiger partial charge < -0.3 is 5.32 Å². The van der Waals surface area contributed by atoms with Gasteiger partial charge in [-0.1, -0.05) is 31.0 Å². The molecule has 66 valence electrons. The van der Waals surface area contributed by atoms with Crippen LogP contribution >= 0.6 is 23.2 Å². The van der Waals surface area contributed by atoms with Crippen LogP contribution in [0, 0.1) is 0 Å². The van der Waals surface area contributed by atoms with E-state index in [1.807, 2.05) is 6.08 Å². The molecule has 0 rings (SSSR count). The second-order valence-corrected chi connectivity index (χ2v) is 3.28. The van der Waals surface area contributed by atoms with Gasteiger partial charge in [0.1, 0.15) is 0 Å². The van der Waals surface area contributed by atoms with Gasteiger partial charge in [0.15, 0.2) is 0 Å². The molecule has 0 saturated carbocycles. The van der Waals surface area contributed by atoms with Crippen LogP contribution in [0.15, 0.2) is 11.6 Å². The predicted molar refractivity (Wildman–Crippen MR) is 52.4 cm³/mol. The Kier molecular flexibility index (Phi) is 8.59. The lowest BCUT2D eigenvalue weighted by molar-refractivity contribution is 0.654. The maximum atomic E-state index is 5.94. The maximum Gasteiger partial charge on any atom is 0.0460 e. The first-order chi connectivity index (χ1) is 5.31. The van der Waals surface area contributed by atoms with Gasteiger partial charge in [-0.3, -0.25) is 0 Å². The molecule has 0 spiro atoms. The molecule has 0 aromatic heterocycles. The molecule has 1 N–H and O–H groups in total. The van der Waals surface area contributed by atoms with Gasteiger partial charge in [-0.15, -0.1) is 11.6 Å². The van der Waals surface area contributed by atoms with Crippen LogP contribution in [0.3, 0.4) is 0 Å². The fourth-order valence-corrected chi connectivity index (χ4v) is 1.20. The van der Waals surface area contributed by atoms with Gasteiger partial charge in [0.05, 0.1) is 0 Å². The molecule has 11 heavy (non-hydrogen) atoms. The van der Waals surface area contributed by atoms with Crippen LogP contribution in [0.2, 0.25) is 0 Å². The summed E-state index contributed by atoms with van der Waals surface area (Å²) in [6.07, 6.45) is 4.07. The zero-order chi connectivity index (χ0) is 8.53. The molecule has 0 fully saturated rings. The van der Waals surface area contributed by atoms with Gasteiger partial charge in [-0.25, -0.2) is 0 Å². The quantitative estimate of drug-likeness (QED) is 0.508. The third kappa shape index (κ3) is 8.18. The molecule has 0 bridgehead atoms. The van der Waals surface area contributed by atoms with Crippen molar-refractivity contribution in [3.8, 4) is 0 Å². The Morgan fingerprint density at radius 1 is 1.55 bits per heavy atom. The smallest absolute Gasteiger partial charge is 0.0460 e. The first-order valence-corrected chi connectivity index (χ1v) is 4.78. The Morgan fingerprint density at radius 3 is 2.82 bits per heavy atom. The third-order valence-electron chi connectivity index (χ3n) is 1.32. The molecule has 0 aromatic carbocycles. The molecular weight excluding hydrogens is 181 g/mol. The maximum absolute atomic E-state index is 5.94. The molecule has 1 atom stereocenters. The summed E-state index contributed by atoms with van der Waals surface area (Å²) < 4.78 is 0. The van der Waals surface area contributed by atoms with E-state index < -0.39 is 0 Å². The van der Waals surface area contributed by atoms with Gasteiger partial charge in [-0.05, 0) is 6.42 Å². The van der Waals surface area contributed by atoms with Crippen molar-refractivity contribution < 1.29 is 0 Å². The summed E-state index contributed by atoms with van der Waals surface area (Å²) in [6, 6.07) is 0. The fraction of sp³-hybridized carbons (Fsp3) is 0.750. The van der Waals surface area contributed by atoms with Crippen LogP contribution in [-0.2, 0) is 0 Å². The van der Waals surface area contributed by atoms with Crippen molar-refractivity contribution in [3.63, 3.8) is 0 Å². The molecule has 3 heteroatoms. The first kappa shape index (κ1) is 11.3. The number of hydrogen-bond donors (Lipinski definition) is 1. The molecule has 0 aromatic rings. The van der Waals surface area contributed by atoms with Gasteiger partial charge >= 0.3 is 0 Å². The average Bonchev–Trinajstić information content (AvgIpc) is 1.99. The molecule has 0 saturated heterocycles. The molecule has 1 nitrogen and oxygen atoms in total. The lowest BCUT2D eigenvalue weighted by atomic mass is 10.2. The first-order valence-electron chi connectivity index (χ1n) is 3.91. The van der Waals surface area contributed by atoms with Gasteiger partial charge in [0.25, 0.3) is 0 Å². The molecular formula is C8H15Cl2N. The highest BCUT2D eigenvalue weighted by atomic mass is 35.5. The summed E-state index contributed by atoms with van der Waals surface area (Å²) in [4.78, 5) is 0. The van der Waals surface area contributed by atoms with E-state index in [-0.39, 0.29) is 5.38 Å². The van der Waals surface area contributed by atoms with Crippen LogP contribution < -0.4 is 5.32 Å². The highest BCUT2D eigenvalue weighted by molar-refractivity contribution is 6.25. The van der Waals surface area contributed by atoms with Crippen molar-refractivity contribution in [1.29, 1.82) is 0 Å². The minimum Gasteiger partial charge on any atom is -0.312 e. The summed E-state index contributed by atoms with van der Waals surface area (Å²) in [5.41, 5.74) is 1.51. The summed E-state index contributed by atoms with van der Waals surface area (Å²) >= 11 is 11.3. The Bertz CT molecular complexity index is 104. The number of alkyl halides is 1. The molecule has 0 aliphatic carbocycles. The monoisotopic (exact) mass is 195 g/mol. The van der Waals surface area contributed by atoms with Gasteiger partial charge in [0, 0.05) is 24.0 Å². The zero-order valence-corrected chi connectivity index (χ0v) is 8.33. The lowest BCUT2D eigenvalue weighted by Gasteiger charge is -2.06. The standard InChI is InChI=1S/C8H15Cl2N/c1-2-4-8(10)7-11-6-3-5-9/h3,5,8,11H,2,4,6-7H2,1H3/b5-3+. The third-order valence-corrected chi connectivity index (χ3v) is 1.87. The normalized spacial score (nSPS) is 14.1. The zero-order valence-electron chi connectivity index (χ0n) is 6.82. The largest absolute Gasteiger partial charge is 0.312 e. The van der Waals surface area contributed by atoms with E-state index in [0.717, 1.165) is 25.9 Å². The van der Waals surface area contributed by atoms with Crippen molar-refractivity contribution in [2.24, 2.45) is 0 Å². The van der Waals surface area contributed by atoms with E-state index in [0.29, 0.717) is 0 Å². The second-order valence-electron chi connectivity index (χ2n) is 2.41. The molecule has 0 aliphatic heterocycles. The highest BCUT2D eigenvalue weighted by Gasteiger charge is 1.99. The number of halogens is 2. The molecule has 0 amide bonds. The highest BCUT2D eigenvalue weighted by Crippen LogP contribution is 2.02. The molecule has 0 heterocycles. The van der Waals surface area contributed by atoms with E-state index in [1.54, 1.807) is 0 Å². The van der Waals surface area contributed by atoms with Crippen LogP contribution in [0.5, 0.6) is 0 Å². The van der Waals surface area contributed by atoms with Crippen LogP contribution in [0.4, 0.5) is 0 Å². The number of nitrogens with one attached hydrogen (secondary N) is 1. The number of rotatable bonds is 6. The van der Waals surface area contributed by atoms with Crippen LogP contribution in [-0.4, -0.2) is 18.5 Å². The summed E-state index contributed by atoms with van der Waals surface area (Å²) in [5.74, 6) is 0. The Hall–Kier alpha value is 0.280. The minimum absolute atomic E-state index is 0.253. The Balaban J connectivity index is 3.10. The number of hydrogen-bond acceptors (Lipinski definition) is 1. The molecule has 0 radical (unpaired) electrons. The Labute approximate surface area is 78.8 Å². The average molecular weight is 196 g/mol. The van der Waals surface area contributed by atoms with Crippen molar-refractivity contribution in [2.75, 3.05) is 13.1 Å². The second kappa shape index (κ2) is 8.38. The van der Waals surface area contributed by atoms with Crippen LogP contribution in [0.25, 0.3) is 0 Å². The van der Waals surface area contributed by atoms with E-state index in [2.05, 4.69) is 12.2 Å². The Morgan fingerprint density at radius 2 is 2.27 bits per heavy atom. The SMILES string of the molecule is CCCC(Cl)CNC/C=C/Cl. The topological polar surface area (TPSA) is 12.0 Å². The predicted octanol–water partition coefficient (Wildman–Crippen LogP) is 2.74. The van der Waals surface area contributed by atoms with E-state index in [4.69, 9.17) is 23.2 Å². The summed E-state index contributed by atoms with van der Waals surface area (Å²) in [5, 5.41) is 3.42. The van der Waals surface area contributed by atoms with E-state index in [9.17, 15) is 0 Å². The van der Waals surface area contributed by atoms with Crippen molar-refractivity contribution >= 4 is 23.2 Å². The molecule has 1 unspecified atom stereocenters. The fourth-order valence-electron chi connectivity index (χ4n) is 0.783. The van der Waals surface area contributed by atoms with Crippen molar-refractivity contribution in [2.45, 2.75) is 25.1 Å². The van der Waals surface area contributed by atoms with E-state index in [1.165, 1.54) is 5.54 Å². The van der Waals surface area contributed by atoms with Crippen LogP contribution in [0.1, 0.15) is 19.8 Å². The van der Waals surface area contributed by atoms with E-state index >= 15 is 0 Å². The van der Waals surface area contributed by atoms with Crippen molar-refractivity contribution in [3.05, 3.63) is 11.6 Å². The molecule has 0 aliphatic rings. The summed E-state index contributed by atoms with van der Waals surface area (Å²) in [6.45, 7) is 3.79. The van der Waals surface area contributed by atoms with Gasteiger partial charge in [-0.2, -0.15) is 0 Å². The van der Waals surface area contributed by atoms with Crippen molar-refractivity contribution in [1.82, 2.24) is 5.32 Å². The van der Waals surface area contributed by atoms with Gasteiger partial charge in [0.2, 0.25) is 0 Å². The lowest BCUT2D eigenvalue weighted by Crippen LogP contribution is -2.23. The summed E-state index contributed by atoms with van der Waals surface area (Å²) in [7, 11) is 0.